The second kappa shape index (κ2) is 8.40. The Morgan fingerprint density at radius 3 is 2.14 bits per heavy atom. The first kappa shape index (κ1) is 19.9. The molecule has 0 saturated carbocycles. The lowest BCUT2D eigenvalue weighted by molar-refractivity contribution is -0.129. The van der Waals surface area contributed by atoms with Crippen LogP contribution in [0.1, 0.15) is 67.7 Å². The van der Waals surface area contributed by atoms with E-state index in [0.29, 0.717) is 12.5 Å². The van der Waals surface area contributed by atoms with Crippen molar-refractivity contribution in [2.45, 2.75) is 67.7 Å². The van der Waals surface area contributed by atoms with Crippen molar-refractivity contribution >= 4 is 11.8 Å². The highest BCUT2D eigenvalue weighted by Crippen LogP contribution is 2.26. The number of amides is 2. The van der Waals surface area contributed by atoms with Gasteiger partial charge in [-0.2, -0.15) is 0 Å². The van der Waals surface area contributed by atoms with E-state index in [0.717, 1.165) is 25.8 Å². The summed E-state index contributed by atoms with van der Waals surface area (Å²) in [5.74, 6) is 0.665. The number of carbonyl (C=O) groups excluding carboxylic acids is 2. The van der Waals surface area contributed by atoms with Gasteiger partial charge in [0.25, 0.3) is 0 Å². The van der Waals surface area contributed by atoms with Crippen molar-refractivity contribution in [1.82, 2.24) is 10.6 Å². The third kappa shape index (κ3) is 8.74. The summed E-state index contributed by atoms with van der Waals surface area (Å²) in [6.45, 7) is 15.5. The number of nitrogens with one attached hydrogen (secondary N) is 2. The summed E-state index contributed by atoms with van der Waals surface area (Å²) in [4.78, 5) is 23.0. The van der Waals surface area contributed by atoms with E-state index in [-0.39, 0.29) is 22.6 Å². The lowest BCUT2D eigenvalue weighted by Crippen LogP contribution is -2.38. The highest BCUT2D eigenvalue weighted by atomic mass is 16.2. The molecule has 0 aliphatic heterocycles. The molecule has 0 heterocycles. The van der Waals surface area contributed by atoms with Gasteiger partial charge in [-0.05, 0) is 30.6 Å². The molecule has 0 saturated heterocycles. The lowest BCUT2D eigenvalue weighted by atomic mass is 9.82. The predicted octanol–water partition coefficient (Wildman–Crippen LogP) is 3.12. The molecule has 0 radical (unpaired) electrons. The second-order valence-electron chi connectivity index (χ2n) is 7.67. The smallest absolute Gasteiger partial charge is 0.225 e. The highest BCUT2D eigenvalue weighted by Gasteiger charge is 2.25. The van der Waals surface area contributed by atoms with Gasteiger partial charge in [0.15, 0.2) is 0 Å². The molecule has 0 aromatic rings. The van der Waals surface area contributed by atoms with Gasteiger partial charge in [-0.3, -0.25) is 9.59 Å². The SMILES string of the molecule is CCC(C)(C)C(=O)NCCC(C)CC(C)(C)CNC(C)=O. The molecule has 0 fully saturated rings. The van der Waals surface area contributed by atoms with Crippen LogP contribution in [-0.4, -0.2) is 24.9 Å². The molecule has 2 N–H and O–H groups in total. The number of hydrogen-bond acceptors (Lipinski definition) is 2. The Balaban J connectivity index is 4.07. The minimum atomic E-state index is -0.284. The molecule has 4 nitrogen and oxygen atoms in total. The first-order valence-corrected chi connectivity index (χ1v) is 8.03. The maximum absolute atomic E-state index is 12.0. The van der Waals surface area contributed by atoms with Crippen LogP contribution in [-0.2, 0) is 9.59 Å². The normalized spacial score (nSPS) is 13.7. The summed E-state index contributed by atoms with van der Waals surface area (Å²) >= 11 is 0. The molecule has 0 aliphatic carbocycles. The first-order valence-electron chi connectivity index (χ1n) is 8.03. The van der Waals surface area contributed by atoms with Gasteiger partial charge in [0, 0.05) is 25.4 Å². The summed E-state index contributed by atoms with van der Waals surface area (Å²) in [6.07, 6.45) is 2.84. The van der Waals surface area contributed by atoms with Crippen molar-refractivity contribution < 1.29 is 9.59 Å². The van der Waals surface area contributed by atoms with Crippen molar-refractivity contribution in [1.29, 1.82) is 0 Å². The Hall–Kier alpha value is -1.06. The molecular formula is C17H34N2O2. The number of carbonyl (C=O) groups is 2. The summed E-state index contributed by atoms with van der Waals surface area (Å²) in [6, 6.07) is 0. The highest BCUT2D eigenvalue weighted by molar-refractivity contribution is 5.81. The Morgan fingerprint density at radius 1 is 1.10 bits per heavy atom. The molecule has 0 spiro atoms. The minimum absolute atomic E-state index is 0.0183. The summed E-state index contributed by atoms with van der Waals surface area (Å²) in [5.41, 5.74) is -0.203. The van der Waals surface area contributed by atoms with Crippen molar-refractivity contribution in [3.05, 3.63) is 0 Å². The molecule has 2 amide bonds. The Labute approximate surface area is 130 Å². The first-order chi connectivity index (χ1) is 9.50. The number of hydrogen-bond donors (Lipinski definition) is 2. The van der Waals surface area contributed by atoms with Crippen LogP contribution in [0.5, 0.6) is 0 Å². The van der Waals surface area contributed by atoms with Crippen molar-refractivity contribution in [2.75, 3.05) is 13.1 Å². The van der Waals surface area contributed by atoms with E-state index in [1.54, 1.807) is 6.92 Å². The van der Waals surface area contributed by atoms with Gasteiger partial charge in [-0.15, -0.1) is 0 Å². The van der Waals surface area contributed by atoms with Gasteiger partial charge in [-0.25, -0.2) is 0 Å². The molecule has 21 heavy (non-hydrogen) atoms. The van der Waals surface area contributed by atoms with Crippen LogP contribution in [0, 0.1) is 16.7 Å². The largest absolute Gasteiger partial charge is 0.356 e. The van der Waals surface area contributed by atoms with Gasteiger partial charge < -0.3 is 10.6 Å². The fourth-order valence-corrected chi connectivity index (χ4v) is 2.31. The van der Waals surface area contributed by atoms with E-state index in [1.807, 2.05) is 20.8 Å². The van der Waals surface area contributed by atoms with Crippen molar-refractivity contribution in [3.63, 3.8) is 0 Å². The topological polar surface area (TPSA) is 58.2 Å². The lowest BCUT2D eigenvalue weighted by Gasteiger charge is -2.28. The monoisotopic (exact) mass is 298 g/mol. The van der Waals surface area contributed by atoms with Crippen LogP contribution in [0.4, 0.5) is 0 Å². The van der Waals surface area contributed by atoms with Crippen LogP contribution in [0.25, 0.3) is 0 Å². The van der Waals surface area contributed by atoms with E-state index in [9.17, 15) is 9.59 Å². The summed E-state index contributed by atoms with van der Waals surface area (Å²) in [7, 11) is 0. The molecule has 0 rings (SSSR count). The van der Waals surface area contributed by atoms with Crippen LogP contribution >= 0.6 is 0 Å². The molecular weight excluding hydrogens is 264 g/mol. The van der Waals surface area contributed by atoms with E-state index in [1.165, 1.54) is 0 Å². The third-order valence-corrected chi connectivity index (χ3v) is 4.14. The number of rotatable bonds is 9. The van der Waals surface area contributed by atoms with Crippen LogP contribution in [0.15, 0.2) is 0 Å². The van der Waals surface area contributed by atoms with Crippen LogP contribution in [0.3, 0.4) is 0 Å². The summed E-state index contributed by atoms with van der Waals surface area (Å²) < 4.78 is 0. The van der Waals surface area contributed by atoms with E-state index < -0.39 is 0 Å². The van der Waals surface area contributed by atoms with Crippen molar-refractivity contribution in [2.24, 2.45) is 16.7 Å². The molecule has 0 aromatic heterocycles. The van der Waals surface area contributed by atoms with Gasteiger partial charge >= 0.3 is 0 Å². The molecule has 0 aliphatic rings. The van der Waals surface area contributed by atoms with Gasteiger partial charge in [0.05, 0.1) is 0 Å². The quantitative estimate of drug-likeness (QED) is 0.687. The second-order valence-corrected chi connectivity index (χ2v) is 7.67. The molecule has 0 aromatic carbocycles. The van der Waals surface area contributed by atoms with Gasteiger partial charge in [0.1, 0.15) is 0 Å². The average molecular weight is 298 g/mol. The Morgan fingerprint density at radius 2 is 1.67 bits per heavy atom. The minimum Gasteiger partial charge on any atom is -0.356 e. The third-order valence-electron chi connectivity index (χ3n) is 4.14. The standard InChI is InChI=1S/C17H34N2O2/c1-8-17(6,7)15(21)18-10-9-13(2)11-16(4,5)12-19-14(3)20/h13H,8-12H2,1-7H3,(H,18,21)(H,19,20). The molecule has 1 atom stereocenters. The zero-order valence-corrected chi connectivity index (χ0v) is 14.9. The summed E-state index contributed by atoms with van der Waals surface area (Å²) in [5, 5.41) is 5.92. The molecule has 4 heteroatoms. The van der Waals surface area contributed by atoms with Gasteiger partial charge in [-0.1, -0.05) is 41.5 Å². The van der Waals surface area contributed by atoms with Crippen LogP contribution < -0.4 is 10.6 Å². The van der Waals surface area contributed by atoms with E-state index in [4.69, 9.17) is 0 Å². The van der Waals surface area contributed by atoms with E-state index in [2.05, 4.69) is 31.4 Å². The molecule has 0 bridgehead atoms. The maximum Gasteiger partial charge on any atom is 0.225 e. The predicted molar refractivity (Wildman–Crippen MR) is 87.9 cm³/mol. The zero-order valence-electron chi connectivity index (χ0n) is 14.9. The zero-order chi connectivity index (χ0) is 16.7. The fraction of sp³-hybridized carbons (Fsp3) is 0.882. The Kier molecular flexibility index (Phi) is 7.98. The molecule has 124 valence electrons. The molecule has 1 unspecified atom stereocenters. The van der Waals surface area contributed by atoms with Gasteiger partial charge in [0.2, 0.25) is 11.8 Å². The van der Waals surface area contributed by atoms with Crippen LogP contribution in [0.2, 0.25) is 0 Å². The Bertz CT molecular complexity index is 349. The van der Waals surface area contributed by atoms with E-state index >= 15 is 0 Å². The average Bonchev–Trinajstić information content (AvgIpc) is 2.35. The van der Waals surface area contributed by atoms with Crippen molar-refractivity contribution in [3.8, 4) is 0 Å². The fourth-order valence-electron chi connectivity index (χ4n) is 2.31. The maximum atomic E-state index is 12.0.